The number of hydrogen-bond acceptors (Lipinski definition) is 4. The first-order valence-electron chi connectivity index (χ1n) is 22.3. The summed E-state index contributed by atoms with van der Waals surface area (Å²) >= 11 is -5.71. The van der Waals surface area contributed by atoms with Crippen molar-refractivity contribution in [3.8, 4) is 0 Å². The molecule has 0 aliphatic heterocycles. The third-order valence-corrected chi connectivity index (χ3v) is 48.7. The Hall–Kier alpha value is 0.787. The van der Waals surface area contributed by atoms with Gasteiger partial charge in [0.2, 0.25) is 0 Å². The van der Waals surface area contributed by atoms with E-state index in [1.807, 2.05) is 0 Å². The molecular weight excluding hydrogens is 834 g/mol. The molecule has 0 aromatic carbocycles. The molecule has 0 radical (unpaired) electrons. The quantitative estimate of drug-likeness (QED) is 0.0289. The predicted octanol–water partition coefficient (Wildman–Crippen LogP) is 15.4. The molecule has 7 heteroatoms. The van der Waals surface area contributed by atoms with Gasteiger partial charge >= 0.3 is 328 Å². The Kier molecular flexibility index (Phi) is 34.8. The van der Waals surface area contributed by atoms with Gasteiger partial charge in [-0.3, -0.25) is 0 Å². The van der Waals surface area contributed by atoms with E-state index in [1.54, 1.807) is 0 Å². The molecule has 1 N–H and O–H groups in total. The monoisotopic (exact) mass is 926 g/mol. The Labute approximate surface area is 326 Å². The second-order valence-corrected chi connectivity index (χ2v) is 41.3. The van der Waals surface area contributed by atoms with E-state index in [-0.39, 0.29) is 3.43 Å². The van der Waals surface area contributed by atoms with Crippen molar-refractivity contribution < 1.29 is 20.8 Å². The average molecular weight is 925 g/mol. The number of rotatable bonds is 38. The van der Waals surface area contributed by atoms with Crippen LogP contribution in [-0.4, -0.2) is 63.1 Å². The van der Waals surface area contributed by atoms with Gasteiger partial charge in [-0.1, -0.05) is 0 Å². The zero-order valence-electron chi connectivity index (χ0n) is 35.2. The first-order chi connectivity index (χ1) is 24.1. The van der Waals surface area contributed by atoms with Crippen molar-refractivity contribution in [1.29, 1.82) is 0 Å². The SMILES string of the molecule is CCCCCCC[CH2][SnH]([CH2]CCCCCCC)[O][Sn]([CH2]CCCCCCC)([CH2]CCCCCCC)[C](C)(C)CC(OCCC(C)C)OC(=O)O. The van der Waals surface area contributed by atoms with Crippen LogP contribution in [0.15, 0.2) is 0 Å². The predicted molar refractivity (Wildman–Crippen MR) is 224 cm³/mol. The van der Waals surface area contributed by atoms with Gasteiger partial charge in [-0.2, -0.15) is 0 Å². The molecule has 0 fully saturated rings. The Bertz CT molecular complexity index is 715. The molecule has 0 saturated carbocycles. The van der Waals surface area contributed by atoms with E-state index in [0.29, 0.717) is 18.9 Å². The van der Waals surface area contributed by atoms with Gasteiger partial charge in [0.1, 0.15) is 0 Å². The molecule has 300 valence electrons. The summed E-state index contributed by atoms with van der Waals surface area (Å²) in [6, 6.07) is 0. The first-order valence-corrected chi connectivity index (χ1v) is 34.9. The van der Waals surface area contributed by atoms with Crippen LogP contribution < -0.4 is 0 Å². The molecule has 0 heterocycles. The summed E-state index contributed by atoms with van der Waals surface area (Å²) in [5.74, 6) is 0.509. The fourth-order valence-corrected chi connectivity index (χ4v) is 54.9. The van der Waals surface area contributed by atoms with Gasteiger partial charge in [0.05, 0.1) is 0 Å². The van der Waals surface area contributed by atoms with Gasteiger partial charge in [-0.05, 0) is 0 Å². The third kappa shape index (κ3) is 27.4. The van der Waals surface area contributed by atoms with Crippen LogP contribution in [0.2, 0.25) is 21.2 Å². The van der Waals surface area contributed by atoms with Crippen molar-refractivity contribution in [2.75, 3.05) is 6.61 Å². The van der Waals surface area contributed by atoms with Gasteiger partial charge < -0.3 is 0 Å². The molecule has 50 heavy (non-hydrogen) atoms. The molecule has 1 unspecified atom stereocenters. The van der Waals surface area contributed by atoms with Crippen molar-refractivity contribution >= 4 is 45.1 Å². The van der Waals surface area contributed by atoms with E-state index in [1.165, 1.54) is 172 Å². The van der Waals surface area contributed by atoms with Crippen LogP contribution in [0.3, 0.4) is 0 Å². The topological polar surface area (TPSA) is 65.0 Å². The minimum absolute atomic E-state index is 0.0586. The average Bonchev–Trinajstić information content (AvgIpc) is 3.06. The van der Waals surface area contributed by atoms with Crippen LogP contribution in [0.1, 0.15) is 222 Å². The van der Waals surface area contributed by atoms with Crippen LogP contribution in [0, 0.1) is 5.92 Å². The number of ether oxygens (including phenoxy) is 2. The summed E-state index contributed by atoms with van der Waals surface area (Å²) in [7, 11) is 0. The summed E-state index contributed by atoms with van der Waals surface area (Å²) in [5, 5.41) is 9.77. The molecule has 0 rings (SSSR count). The molecule has 0 saturated heterocycles. The van der Waals surface area contributed by atoms with E-state index in [2.05, 4.69) is 55.4 Å². The van der Waals surface area contributed by atoms with Gasteiger partial charge in [0.25, 0.3) is 0 Å². The van der Waals surface area contributed by atoms with Crippen LogP contribution in [0.25, 0.3) is 0 Å². The van der Waals surface area contributed by atoms with E-state index < -0.39 is 51.4 Å². The van der Waals surface area contributed by atoms with Crippen molar-refractivity contribution in [2.45, 2.75) is 250 Å². The molecule has 0 aromatic heterocycles. The number of carbonyl (C=O) groups is 1. The summed E-state index contributed by atoms with van der Waals surface area (Å²) in [4.78, 5) is 11.9. The van der Waals surface area contributed by atoms with Crippen LogP contribution in [0.5, 0.6) is 0 Å². The molecule has 0 amide bonds. The summed E-state index contributed by atoms with van der Waals surface area (Å²) in [6.45, 7) is 19.1. The van der Waals surface area contributed by atoms with E-state index in [9.17, 15) is 9.90 Å². The van der Waals surface area contributed by atoms with Gasteiger partial charge in [0.15, 0.2) is 0 Å². The van der Waals surface area contributed by atoms with Crippen molar-refractivity contribution in [3.05, 3.63) is 0 Å². The third-order valence-electron chi connectivity index (χ3n) is 11.2. The number of hydrogen-bond donors (Lipinski definition) is 1. The second-order valence-electron chi connectivity index (χ2n) is 16.8. The van der Waals surface area contributed by atoms with Crippen molar-refractivity contribution in [3.63, 3.8) is 0 Å². The molecule has 0 bridgehead atoms. The summed E-state index contributed by atoms with van der Waals surface area (Å²) in [6.07, 6.45) is 31.7. The maximum absolute atomic E-state index is 11.9. The Morgan fingerprint density at radius 1 is 0.620 bits per heavy atom. The molecule has 0 aliphatic rings. The number of carboxylic acid groups (broad SMARTS) is 1. The molecular formula is C43H90O5Sn2. The molecule has 0 aliphatic carbocycles. The normalized spacial score (nSPS) is 13.1. The van der Waals surface area contributed by atoms with Gasteiger partial charge in [-0.15, -0.1) is 0 Å². The Morgan fingerprint density at radius 3 is 1.38 bits per heavy atom. The van der Waals surface area contributed by atoms with E-state index in [4.69, 9.17) is 10.9 Å². The van der Waals surface area contributed by atoms with E-state index >= 15 is 0 Å². The van der Waals surface area contributed by atoms with Gasteiger partial charge in [-0.25, -0.2) is 0 Å². The van der Waals surface area contributed by atoms with Gasteiger partial charge in [0, 0.05) is 0 Å². The molecule has 5 nitrogen and oxygen atoms in total. The molecule has 0 spiro atoms. The molecule has 1 atom stereocenters. The standard InChI is InChI=1S/C11H21O4.4C8H17.O.2Sn.H/c1-8(2)5-6-14-10(7-9(3)4)15-11(12)13;4*1-3-5-7-8-6-4-2;;;;/h8,10H,5-7H2,1-4H3,(H,12,13);4*1,3-8H2,2H3;;;;. The zero-order chi connectivity index (χ0) is 37.4. The Balaban J connectivity index is 6.41. The first kappa shape index (κ1) is 50.8. The van der Waals surface area contributed by atoms with Crippen molar-refractivity contribution in [2.24, 2.45) is 5.92 Å². The fraction of sp³-hybridized carbons (Fsp3) is 0.977. The summed E-state index contributed by atoms with van der Waals surface area (Å²) < 4.78 is 25.2. The van der Waals surface area contributed by atoms with E-state index in [0.717, 1.165) is 6.42 Å². The minimum atomic E-state index is -3.38. The molecule has 0 aromatic rings. The van der Waals surface area contributed by atoms with Crippen molar-refractivity contribution in [1.82, 2.24) is 0 Å². The van der Waals surface area contributed by atoms with Crippen LogP contribution >= 0.6 is 0 Å². The Morgan fingerprint density at radius 2 is 1.00 bits per heavy atom. The second kappa shape index (κ2) is 34.3. The summed E-state index contributed by atoms with van der Waals surface area (Å²) in [5.41, 5.74) is 0. The fourth-order valence-electron chi connectivity index (χ4n) is 7.63. The zero-order valence-corrected chi connectivity index (χ0v) is 41.4. The van der Waals surface area contributed by atoms with Crippen LogP contribution in [-0.2, 0) is 10.9 Å². The number of unbranched alkanes of at least 4 members (excludes halogenated alkanes) is 20. The maximum atomic E-state index is 11.9. The van der Waals surface area contributed by atoms with Crippen LogP contribution in [0.4, 0.5) is 4.79 Å².